The standard InChI is InChI=1S/C32H40.2Li/c1-7-23(3)20-31(29-18-11-9-14-25(29)5)27-16-13-17-28(22-27)32(21-24(4)8-2)30-19-12-10-15-26(30)6;;/h9-19,22-24H,7-8,20-21H2,1-6H3;;/q-2;2*+1. The van der Waals surface area contributed by atoms with Gasteiger partial charge in [-0.1, -0.05) is 104 Å². The van der Waals surface area contributed by atoms with Crippen LogP contribution in [0.15, 0.2) is 72.8 Å². The topological polar surface area (TPSA) is 0 Å². The van der Waals surface area contributed by atoms with E-state index in [0.29, 0.717) is 11.8 Å². The van der Waals surface area contributed by atoms with Crippen molar-refractivity contribution in [1.82, 2.24) is 0 Å². The van der Waals surface area contributed by atoms with E-state index >= 15 is 0 Å². The molecule has 0 aliphatic heterocycles. The monoisotopic (exact) mass is 438 g/mol. The van der Waals surface area contributed by atoms with Gasteiger partial charge in [0.05, 0.1) is 0 Å². The van der Waals surface area contributed by atoms with Gasteiger partial charge in [-0.2, -0.15) is 0 Å². The molecule has 2 unspecified atom stereocenters. The summed E-state index contributed by atoms with van der Waals surface area (Å²) < 4.78 is 0. The van der Waals surface area contributed by atoms with Crippen LogP contribution in [-0.2, 0) is 0 Å². The van der Waals surface area contributed by atoms with Crippen LogP contribution in [0.25, 0.3) is 0 Å². The van der Waals surface area contributed by atoms with Crippen LogP contribution in [0.2, 0.25) is 0 Å². The molecule has 0 aliphatic rings. The molecule has 0 bridgehead atoms. The summed E-state index contributed by atoms with van der Waals surface area (Å²) >= 11 is 0. The molecule has 0 amide bonds. The van der Waals surface area contributed by atoms with Crippen LogP contribution in [0.1, 0.15) is 86.8 Å². The molecule has 0 spiro atoms. The van der Waals surface area contributed by atoms with Crippen molar-refractivity contribution in [3.05, 3.63) is 118 Å². The maximum Gasteiger partial charge on any atom is 1.00 e. The Morgan fingerprint density at radius 2 is 0.971 bits per heavy atom. The second kappa shape index (κ2) is 14.9. The van der Waals surface area contributed by atoms with Gasteiger partial charge in [-0.3, -0.25) is 0 Å². The number of benzene rings is 3. The Kier molecular flexibility index (Phi) is 13.4. The zero-order valence-electron chi connectivity index (χ0n) is 22.9. The van der Waals surface area contributed by atoms with Gasteiger partial charge < -0.3 is 0 Å². The van der Waals surface area contributed by atoms with E-state index in [0.717, 1.165) is 12.8 Å². The van der Waals surface area contributed by atoms with E-state index in [9.17, 15) is 0 Å². The molecule has 0 heterocycles. The van der Waals surface area contributed by atoms with Gasteiger partial charge in [0.25, 0.3) is 0 Å². The van der Waals surface area contributed by atoms with Gasteiger partial charge in [0, 0.05) is 0 Å². The summed E-state index contributed by atoms with van der Waals surface area (Å²) in [6.45, 7) is 13.8. The molecule has 2 atom stereocenters. The van der Waals surface area contributed by atoms with Crippen molar-refractivity contribution in [2.45, 2.75) is 67.2 Å². The smallest absolute Gasteiger partial charge is 0.129 e. The molecule has 0 saturated carbocycles. The number of aryl methyl sites for hydroxylation is 2. The minimum absolute atomic E-state index is 0. The van der Waals surface area contributed by atoms with Crippen LogP contribution < -0.4 is 37.7 Å². The molecular formula is C32H40Li2. The predicted octanol–water partition coefficient (Wildman–Crippen LogP) is 3.13. The molecule has 34 heavy (non-hydrogen) atoms. The summed E-state index contributed by atoms with van der Waals surface area (Å²) in [5.41, 5.74) is 8.24. The first kappa shape index (κ1) is 30.6. The molecule has 3 rings (SSSR count). The van der Waals surface area contributed by atoms with Gasteiger partial charge in [-0.25, -0.2) is 0 Å². The number of hydrogen-bond donors (Lipinski definition) is 0. The van der Waals surface area contributed by atoms with Crippen LogP contribution >= 0.6 is 0 Å². The van der Waals surface area contributed by atoms with Gasteiger partial charge in [-0.15, -0.1) is 81.6 Å². The second-order valence-electron chi connectivity index (χ2n) is 9.60. The molecule has 0 aliphatic carbocycles. The Labute approximate surface area is 233 Å². The fraction of sp³-hybridized carbons (Fsp3) is 0.375. The molecule has 170 valence electrons. The fourth-order valence-electron chi connectivity index (χ4n) is 4.47. The summed E-state index contributed by atoms with van der Waals surface area (Å²) in [5.74, 6) is 4.28. The molecule has 0 fully saturated rings. The van der Waals surface area contributed by atoms with Crippen LogP contribution in [0.3, 0.4) is 0 Å². The van der Waals surface area contributed by atoms with Gasteiger partial charge >= 0.3 is 37.7 Å². The first-order chi connectivity index (χ1) is 15.4. The Balaban J connectivity index is 0.00000289. The molecule has 0 nitrogen and oxygen atoms in total. The zero-order chi connectivity index (χ0) is 23.1. The molecule has 2 heteroatoms. The molecule has 0 saturated heterocycles. The van der Waals surface area contributed by atoms with E-state index in [1.807, 2.05) is 0 Å². The van der Waals surface area contributed by atoms with Crippen molar-refractivity contribution in [1.29, 1.82) is 0 Å². The average Bonchev–Trinajstić information content (AvgIpc) is 2.82. The quantitative estimate of drug-likeness (QED) is 0.337. The third-order valence-corrected chi connectivity index (χ3v) is 7.00. The SMILES string of the molecule is CCC(C)C[C-](c1cccc([C-](CC(C)CC)c2ccccc2C)c1)c1ccccc1C.[Li+].[Li+]. The Morgan fingerprint density at radius 3 is 1.32 bits per heavy atom. The summed E-state index contributed by atoms with van der Waals surface area (Å²) in [7, 11) is 0. The molecule has 3 aromatic carbocycles. The normalized spacial score (nSPS) is 12.2. The molecule has 3 aromatic rings. The Morgan fingerprint density at radius 1 is 0.588 bits per heavy atom. The number of hydrogen-bond acceptors (Lipinski definition) is 0. The van der Waals surface area contributed by atoms with Gasteiger partial charge in [0.15, 0.2) is 0 Å². The Bertz CT molecular complexity index is 917. The maximum absolute atomic E-state index is 2.45. The maximum atomic E-state index is 2.45. The van der Waals surface area contributed by atoms with E-state index in [-0.39, 0.29) is 37.7 Å². The van der Waals surface area contributed by atoms with E-state index in [2.05, 4.69) is 114 Å². The largest absolute Gasteiger partial charge is 1.00 e. The van der Waals surface area contributed by atoms with E-state index in [1.165, 1.54) is 58.1 Å². The average molecular weight is 439 g/mol. The van der Waals surface area contributed by atoms with Crippen molar-refractivity contribution >= 4 is 0 Å². The van der Waals surface area contributed by atoms with Crippen LogP contribution in [0, 0.1) is 37.5 Å². The summed E-state index contributed by atoms with van der Waals surface area (Å²) in [4.78, 5) is 0. The summed E-state index contributed by atoms with van der Waals surface area (Å²) in [6.07, 6.45) is 4.61. The third kappa shape index (κ3) is 7.80. The second-order valence-corrected chi connectivity index (χ2v) is 9.60. The van der Waals surface area contributed by atoms with Gasteiger partial charge in [-0.05, 0) is 11.8 Å². The summed E-state index contributed by atoms with van der Waals surface area (Å²) in [5, 5.41) is 0. The van der Waals surface area contributed by atoms with E-state index < -0.39 is 0 Å². The van der Waals surface area contributed by atoms with Crippen LogP contribution in [-0.4, -0.2) is 0 Å². The van der Waals surface area contributed by atoms with Crippen molar-refractivity contribution in [2.24, 2.45) is 11.8 Å². The fourth-order valence-corrected chi connectivity index (χ4v) is 4.47. The minimum atomic E-state index is 0. The zero-order valence-corrected chi connectivity index (χ0v) is 22.9. The number of rotatable bonds is 10. The van der Waals surface area contributed by atoms with E-state index in [1.54, 1.807) is 0 Å². The van der Waals surface area contributed by atoms with Crippen molar-refractivity contribution in [3.63, 3.8) is 0 Å². The molecule has 0 N–H and O–H groups in total. The van der Waals surface area contributed by atoms with Crippen molar-refractivity contribution in [2.75, 3.05) is 0 Å². The summed E-state index contributed by atoms with van der Waals surface area (Å²) in [6, 6.07) is 27.1. The minimum Gasteiger partial charge on any atom is -0.129 e. The first-order valence-electron chi connectivity index (χ1n) is 12.4. The molecule has 0 radical (unpaired) electrons. The van der Waals surface area contributed by atoms with Gasteiger partial charge in [0.2, 0.25) is 0 Å². The van der Waals surface area contributed by atoms with Crippen LogP contribution in [0.4, 0.5) is 0 Å². The van der Waals surface area contributed by atoms with Crippen LogP contribution in [0.5, 0.6) is 0 Å². The van der Waals surface area contributed by atoms with Crippen molar-refractivity contribution < 1.29 is 37.7 Å². The van der Waals surface area contributed by atoms with Gasteiger partial charge in [0.1, 0.15) is 0 Å². The first-order valence-corrected chi connectivity index (χ1v) is 12.4. The predicted molar refractivity (Wildman–Crippen MR) is 140 cm³/mol. The molecule has 0 aromatic heterocycles. The van der Waals surface area contributed by atoms with E-state index in [4.69, 9.17) is 0 Å². The Hall–Kier alpha value is -1.41. The third-order valence-electron chi connectivity index (χ3n) is 7.00. The molecular weight excluding hydrogens is 398 g/mol. The van der Waals surface area contributed by atoms with Crippen molar-refractivity contribution in [3.8, 4) is 0 Å².